The van der Waals surface area contributed by atoms with E-state index in [2.05, 4.69) is 16.7 Å². The molecule has 1 aromatic rings. The zero-order valence-corrected chi connectivity index (χ0v) is 9.70. The average Bonchev–Trinajstić information content (AvgIpc) is 2.38. The van der Waals surface area contributed by atoms with E-state index < -0.39 is 0 Å². The molecule has 0 spiro atoms. The number of nitrogens with one attached hydrogen (secondary N) is 2. The summed E-state index contributed by atoms with van der Waals surface area (Å²) in [6.45, 7) is 2.47. The van der Waals surface area contributed by atoms with E-state index in [-0.39, 0.29) is 5.91 Å². The molecule has 0 aliphatic carbocycles. The molecule has 90 valence electrons. The van der Waals surface area contributed by atoms with E-state index in [4.69, 9.17) is 5.73 Å². The van der Waals surface area contributed by atoms with Gasteiger partial charge in [-0.1, -0.05) is 23.8 Å². The normalized spacial score (nSPS) is 15.2. The summed E-state index contributed by atoms with van der Waals surface area (Å²) in [5.74, 6) is -0.109. The van der Waals surface area contributed by atoms with Crippen LogP contribution in [0.15, 0.2) is 35.9 Å². The Morgan fingerprint density at radius 3 is 2.94 bits per heavy atom. The van der Waals surface area contributed by atoms with Gasteiger partial charge in [0.2, 0.25) is 0 Å². The highest BCUT2D eigenvalue weighted by molar-refractivity contribution is 5.99. The molecule has 1 heterocycles. The van der Waals surface area contributed by atoms with Crippen molar-refractivity contribution in [2.24, 2.45) is 0 Å². The number of amides is 1. The van der Waals surface area contributed by atoms with Crippen molar-refractivity contribution in [2.45, 2.75) is 6.42 Å². The first-order valence-corrected chi connectivity index (χ1v) is 5.78. The lowest BCUT2D eigenvalue weighted by Gasteiger charge is -2.14. The van der Waals surface area contributed by atoms with Crippen LogP contribution < -0.4 is 16.4 Å². The molecule has 0 atom stereocenters. The molecule has 0 bridgehead atoms. The maximum absolute atomic E-state index is 11.9. The molecule has 4 nitrogen and oxygen atoms in total. The number of nitrogen functional groups attached to an aromatic ring is 1. The smallest absolute Gasteiger partial charge is 0.253 e. The molecule has 17 heavy (non-hydrogen) atoms. The minimum atomic E-state index is -0.109. The van der Waals surface area contributed by atoms with Gasteiger partial charge >= 0.3 is 0 Å². The van der Waals surface area contributed by atoms with E-state index in [1.165, 1.54) is 5.57 Å². The molecule has 0 fully saturated rings. The van der Waals surface area contributed by atoms with Gasteiger partial charge in [-0.05, 0) is 25.1 Å². The monoisotopic (exact) mass is 231 g/mol. The van der Waals surface area contributed by atoms with E-state index in [1.54, 1.807) is 12.1 Å². The van der Waals surface area contributed by atoms with Crippen LogP contribution in [0.1, 0.15) is 16.8 Å². The Morgan fingerprint density at radius 1 is 1.41 bits per heavy atom. The van der Waals surface area contributed by atoms with Gasteiger partial charge in [0.05, 0.1) is 5.56 Å². The van der Waals surface area contributed by atoms with E-state index >= 15 is 0 Å². The maximum Gasteiger partial charge on any atom is 0.253 e. The molecule has 1 amide bonds. The van der Waals surface area contributed by atoms with Crippen LogP contribution >= 0.6 is 0 Å². The Bertz CT molecular complexity index is 440. The van der Waals surface area contributed by atoms with Crippen LogP contribution in [-0.2, 0) is 0 Å². The topological polar surface area (TPSA) is 67.2 Å². The summed E-state index contributed by atoms with van der Waals surface area (Å²) >= 11 is 0. The van der Waals surface area contributed by atoms with Crippen LogP contribution in [0.2, 0.25) is 0 Å². The van der Waals surface area contributed by atoms with Crippen LogP contribution in [0.25, 0.3) is 0 Å². The standard InChI is InChI=1S/C13H17N3O/c14-12-4-2-1-3-11(12)13(17)16-9-10-5-7-15-8-6-10/h1-5,15H,6-9,14H2,(H,16,17). The summed E-state index contributed by atoms with van der Waals surface area (Å²) in [6.07, 6.45) is 3.11. The van der Waals surface area contributed by atoms with Crippen molar-refractivity contribution < 1.29 is 4.79 Å². The second-order valence-electron chi connectivity index (χ2n) is 4.09. The van der Waals surface area contributed by atoms with Gasteiger partial charge in [0.1, 0.15) is 0 Å². The zero-order chi connectivity index (χ0) is 12.1. The Morgan fingerprint density at radius 2 is 2.24 bits per heavy atom. The van der Waals surface area contributed by atoms with E-state index in [0.717, 1.165) is 19.5 Å². The Labute approximate surface area is 101 Å². The molecule has 0 radical (unpaired) electrons. The Hall–Kier alpha value is -1.81. The number of hydrogen-bond donors (Lipinski definition) is 3. The minimum absolute atomic E-state index is 0.109. The van der Waals surface area contributed by atoms with Gasteiger partial charge in [0.25, 0.3) is 5.91 Å². The van der Waals surface area contributed by atoms with E-state index in [1.807, 2.05) is 12.1 Å². The lowest BCUT2D eigenvalue weighted by Crippen LogP contribution is -2.30. The number of rotatable bonds is 3. The van der Waals surface area contributed by atoms with E-state index in [9.17, 15) is 4.79 Å². The van der Waals surface area contributed by atoms with Crippen LogP contribution in [0.4, 0.5) is 5.69 Å². The van der Waals surface area contributed by atoms with E-state index in [0.29, 0.717) is 17.8 Å². The summed E-state index contributed by atoms with van der Waals surface area (Å²) in [5.41, 5.74) is 8.08. The van der Waals surface area contributed by atoms with Crippen molar-refractivity contribution in [3.8, 4) is 0 Å². The van der Waals surface area contributed by atoms with Gasteiger partial charge in [-0.15, -0.1) is 0 Å². The Balaban J connectivity index is 1.93. The van der Waals surface area contributed by atoms with Crippen LogP contribution in [0.5, 0.6) is 0 Å². The first-order chi connectivity index (χ1) is 8.27. The number of para-hydroxylation sites is 1. The lowest BCUT2D eigenvalue weighted by atomic mass is 10.1. The fourth-order valence-electron chi connectivity index (χ4n) is 1.82. The van der Waals surface area contributed by atoms with Crippen molar-refractivity contribution in [3.05, 3.63) is 41.5 Å². The van der Waals surface area contributed by atoms with Gasteiger partial charge in [-0.3, -0.25) is 4.79 Å². The third kappa shape index (κ3) is 3.07. The van der Waals surface area contributed by atoms with Crippen molar-refractivity contribution in [1.82, 2.24) is 10.6 Å². The maximum atomic E-state index is 11.9. The van der Waals surface area contributed by atoms with Gasteiger partial charge in [0, 0.05) is 18.8 Å². The van der Waals surface area contributed by atoms with Crippen LogP contribution in [0, 0.1) is 0 Å². The van der Waals surface area contributed by atoms with Gasteiger partial charge in [-0.2, -0.15) is 0 Å². The third-order valence-electron chi connectivity index (χ3n) is 2.84. The van der Waals surface area contributed by atoms with Crippen molar-refractivity contribution in [1.29, 1.82) is 0 Å². The average molecular weight is 231 g/mol. The van der Waals surface area contributed by atoms with Crippen LogP contribution in [0.3, 0.4) is 0 Å². The number of anilines is 1. The minimum Gasteiger partial charge on any atom is -0.398 e. The third-order valence-corrected chi connectivity index (χ3v) is 2.84. The first-order valence-electron chi connectivity index (χ1n) is 5.78. The molecule has 0 aromatic heterocycles. The van der Waals surface area contributed by atoms with Crippen molar-refractivity contribution in [2.75, 3.05) is 25.4 Å². The number of carbonyl (C=O) groups excluding carboxylic acids is 1. The highest BCUT2D eigenvalue weighted by atomic mass is 16.1. The summed E-state index contributed by atoms with van der Waals surface area (Å²) in [4.78, 5) is 11.9. The number of carbonyl (C=O) groups is 1. The largest absolute Gasteiger partial charge is 0.398 e. The molecule has 0 unspecified atom stereocenters. The molecule has 0 saturated carbocycles. The molecule has 1 aliphatic rings. The summed E-state index contributed by atoms with van der Waals surface area (Å²) in [5, 5.41) is 6.13. The van der Waals surface area contributed by atoms with Crippen molar-refractivity contribution in [3.63, 3.8) is 0 Å². The second-order valence-corrected chi connectivity index (χ2v) is 4.09. The van der Waals surface area contributed by atoms with Crippen molar-refractivity contribution >= 4 is 11.6 Å². The molecular formula is C13H17N3O. The molecular weight excluding hydrogens is 214 g/mol. The molecule has 4 N–H and O–H groups in total. The first kappa shape index (κ1) is 11.7. The second kappa shape index (κ2) is 5.50. The predicted molar refractivity (Wildman–Crippen MR) is 68.8 cm³/mol. The number of hydrogen-bond acceptors (Lipinski definition) is 3. The van der Waals surface area contributed by atoms with Gasteiger partial charge in [0.15, 0.2) is 0 Å². The van der Waals surface area contributed by atoms with Gasteiger partial charge in [-0.25, -0.2) is 0 Å². The van der Waals surface area contributed by atoms with Crippen LogP contribution in [-0.4, -0.2) is 25.5 Å². The number of nitrogens with two attached hydrogens (primary N) is 1. The fourth-order valence-corrected chi connectivity index (χ4v) is 1.82. The lowest BCUT2D eigenvalue weighted by molar-refractivity contribution is 0.0957. The summed E-state index contributed by atoms with van der Waals surface area (Å²) < 4.78 is 0. The predicted octanol–water partition coefficient (Wildman–Crippen LogP) is 0.918. The molecule has 4 heteroatoms. The SMILES string of the molecule is Nc1ccccc1C(=O)NCC1=CCNCC1. The molecule has 1 aromatic carbocycles. The molecule has 1 aliphatic heterocycles. The van der Waals surface area contributed by atoms with Gasteiger partial charge < -0.3 is 16.4 Å². The summed E-state index contributed by atoms with van der Waals surface area (Å²) in [7, 11) is 0. The fraction of sp³-hybridized carbons (Fsp3) is 0.308. The molecule has 0 saturated heterocycles. The summed E-state index contributed by atoms with van der Waals surface area (Å²) in [6, 6.07) is 7.11. The highest BCUT2D eigenvalue weighted by Gasteiger charge is 2.09. The quantitative estimate of drug-likeness (QED) is 0.535. The molecule has 2 rings (SSSR count). The Kier molecular flexibility index (Phi) is 3.77. The number of benzene rings is 1. The highest BCUT2D eigenvalue weighted by Crippen LogP contribution is 2.10. The zero-order valence-electron chi connectivity index (χ0n) is 9.70.